The molecule has 1 nitrogen and oxygen atoms in total. The molecule has 0 unspecified atom stereocenters. The van der Waals surface area contributed by atoms with Crippen molar-refractivity contribution in [3.05, 3.63) is 164 Å². The highest BCUT2D eigenvalue weighted by Gasteiger charge is 2.23. The molecule has 10 aromatic rings. The Kier molecular flexibility index (Phi) is 4.90. The van der Waals surface area contributed by atoms with Crippen molar-refractivity contribution in [1.29, 1.82) is 0 Å². The lowest BCUT2D eigenvalue weighted by atomic mass is 9.94. The second kappa shape index (κ2) is 9.19. The van der Waals surface area contributed by atoms with Crippen LogP contribution in [0.15, 0.2) is 164 Å². The summed E-state index contributed by atoms with van der Waals surface area (Å²) in [4.78, 5) is 0. The molecular weight excluding hydrogens is 567 g/mol. The number of aromatic nitrogens is 1. The fourth-order valence-corrected chi connectivity index (χ4v) is 8.53. The minimum atomic E-state index is 1.17. The van der Waals surface area contributed by atoms with E-state index in [-0.39, 0.29) is 0 Å². The van der Waals surface area contributed by atoms with Crippen LogP contribution in [0.5, 0.6) is 0 Å². The number of hydrogen-bond acceptors (Lipinski definition) is 0. The van der Waals surface area contributed by atoms with Gasteiger partial charge in [-0.3, -0.25) is 0 Å². The first kappa shape index (κ1) is 25.1. The van der Waals surface area contributed by atoms with E-state index in [9.17, 15) is 0 Å². The van der Waals surface area contributed by atoms with Crippen molar-refractivity contribution in [3.8, 4) is 39.1 Å². The number of fused-ring (bicyclic) bond motifs is 12. The van der Waals surface area contributed by atoms with Crippen LogP contribution in [0.3, 0.4) is 0 Å². The van der Waals surface area contributed by atoms with Crippen LogP contribution in [0.4, 0.5) is 0 Å². The van der Waals surface area contributed by atoms with Crippen LogP contribution in [0, 0.1) is 0 Å². The Morgan fingerprint density at radius 3 is 1.85 bits per heavy atom. The Morgan fingerprint density at radius 1 is 0.298 bits per heavy atom. The summed E-state index contributed by atoms with van der Waals surface area (Å²) in [5.41, 5.74) is 11.4. The summed E-state index contributed by atoms with van der Waals surface area (Å²) >= 11 is 0. The fraction of sp³-hybridized carbons (Fsp3) is 0. The summed E-state index contributed by atoms with van der Waals surface area (Å²) < 4.78 is 2.46. The summed E-state index contributed by atoms with van der Waals surface area (Å²) in [7, 11) is 0. The number of rotatable bonds is 2. The van der Waals surface area contributed by atoms with Crippen molar-refractivity contribution < 1.29 is 0 Å². The van der Waals surface area contributed by atoms with Crippen molar-refractivity contribution >= 4 is 64.9 Å². The number of nitrogens with zero attached hydrogens (tertiary/aromatic N) is 1. The van der Waals surface area contributed by atoms with E-state index in [1.54, 1.807) is 0 Å². The van der Waals surface area contributed by atoms with Gasteiger partial charge >= 0.3 is 0 Å². The maximum absolute atomic E-state index is 2.46. The summed E-state index contributed by atoms with van der Waals surface area (Å²) in [6.07, 6.45) is 0. The zero-order valence-electron chi connectivity index (χ0n) is 25.5. The van der Waals surface area contributed by atoms with E-state index in [4.69, 9.17) is 0 Å². The zero-order valence-corrected chi connectivity index (χ0v) is 25.5. The van der Waals surface area contributed by atoms with Gasteiger partial charge in [0.05, 0.1) is 11.0 Å². The number of para-hydroxylation sites is 1. The Labute approximate surface area is 271 Å². The van der Waals surface area contributed by atoms with E-state index < -0.39 is 0 Å². The summed E-state index contributed by atoms with van der Waals surface area (Å²) in [6.45, 7) is 0. The standard InChI is InChI=1S/C46H27N/c1-2-12-33-28(9-1)19-20-29-21-22-40-39(44(29)33)25-26-43-46(40)41-15-5-6-18-42(41)47(43)31-11-7-10-30(27-31)32-23-24-38-35-14-4-3-13-34(35)37-17-8-16-36(32)45(37)38/h1-27H. The Hall–Kier alpha value is -6.18. The highest BCUT2D eigenvalue weighted by Crippen LogP contribution is 2.49. The highest BCUT2D eigenvalue weighted by atomic mass is 15.0. The molecule has 0 N–H and O–H groups in total. The van der Waals surface area contributed by atoms with E-state index in [1.165, 1.54) is 104 Å². The normalized spacial score (nSPS) is 12.3. The molecule has 0 fully saturated rings. The average molecular weight is 594 g/mol. The van der Waals surface area contributed by atoms with E-state index >= 15 is 0 Å². The van der Waals surface area contributed by atoms with Crippen molar-refractivity contribution in [2.75, 3.05) is 0 Å². The van der Waals surface area contributed by atoms with Gasteiger partial charge in [0.1, 0.15) is 0 Å². The van der Waals surface area contributed by atoms with E-state index in [0.717, 1.165) is 0 Å². The topological polar surface area (TPSA) is 4.93 Å². The lowest BCUT2D eigenvalue weighted by Gasteiger charge is -2.13. The molecule has 1 aromatic heterocycles. The summed E-state index contributed by atoms with van der Waals surface area (Å²) in [6, 6.07) is 60.7. The van der Waals surface area contributed by atoms with Gasteiger partial charge in [-0.15, -0.1) is 0 Å². The molecule has 1 heteroatoms. The molecule has 0 atom stereocenters. The van der Waals surface area contributed by atoms with Crippen molar-refractivity contribution in [3.63, 3.8) is 0 Å². The van der Waals surface area contributed by atoms with Gasteiger partial charge < -0.3 is 4.57 Å². The van der Waals surface area contributed by atoms with Gasteiger partial charge in [-0.25, -0.2) is 0 Å². The average Bonchev–Trinajstić information content (AvgIpc) is 3.65. The molecule has 0 aliphatic heterocycles. The SMILES string of the molecule is c1cc(-c2ccc3c4c(cccc24)-c2ccccc2-3)cc(-n2c3ccccc3c3c4ccc5ccc6ccccc6c5c4ccc32)c1. The Morgan fingerprint density at radius 2 is 0.936 bits per heavy atom. The molecule has 0 saturated carbocycles. The predicted octanol–water partition coefficient (Wildman–Crippen LogP) is 12.7. The molecule has 0 radical (unpaired) electrons. The van der Waals surface area contributed by atoms with Gasteiger partial charge in [-0.2, -0.15) is 0 Å². The van der Waals surface area contributed by atoms with Crippen LogP contribution in [0.25, 0.3) is 104 Å². The van der Waals surface area contributed by atoms with Crippen LogP contribution >= 0.6 is 0 Å². The molecular formula is C46H27N. The monoisotopic (exact) mass is 593 g/mol. The fourth-order valence-electron chi connectivity index (χ4n) is 8.53. The smallest absolute Gasteiger partial charge is 0.0547 e. The van der Waals surface area contributed by atoms with Crippen LogP contribution in [-0.2, 0) is 0 Å². The molecule has 47 heavy (non-hydrogen) atoms. The Balaban J connectivity index is 1.17. The first-order valence-corrected chi connectivity index (χ1v) is 16.4. The maximum atomic E-state index is 2.46. The van der Waals surface area contributed by atoms with Crippen molar-refractivity contribution in [1.82, 2.24) is 4.57 Å². The molecule has 1 heterocycles. The lowest BCUT2D eigenvalue weighted by Crippen LogP contribution is -1.94. The Bertz CT molecular complexity index is 2930. The third-order valence-corrected chi connectivity index (χ3v) is 10.5. The van der Waals surface area contributed by atoms with Crippen LogP contribution < -0.4 is 0 Å². The van der Waals surface area contributed by atoms with Gasteiger partial charge in [-0.1, -0.05) is 140 Å². The summed E-state index contributed by atoms with van der Waals surface area (Å²) in [5.74, 6) is 0. The molecule has 1 aliphatic rings. The third kappa shape index (κ3) is 3.33. The number of benzene rings is 9. The molecule has 0 bridgehead atoms. The third-order valence-electron chi connectivity index (χ3n) is 10.5. The molecule has 0 saturated heterocycles. The van der Waals surface area contributed by atoms with Gasteiger partial charge in [0, 0.05) is 16.5 Å². The van der Waals surface area contributed by atoms with Gasteiger partial charge in [0.2, 0.25) is 0 Å². The van der Waals surface area contributed by atoms with E-state index in [0.29, 0.717) is 0 Å². The molecule has 0 amide bonds. The largest absolute Gasteiger partial charge is 0.309 e. The highest BCUT2D eigenvalue weighted by molar-refractivity contribution is 6.29. The second-order valence-corrected chi connectivity index (χ2v) is 12.8. The minimum absolute atomic E-state index is 1.17. The minimum Gasteiger partial charge on any atom is -0.309 e. The van der Waals surface area contributed by atoms with Gasteiger partial charge in [0.25, 0.3) is 0 Å². The molecule has 1 aliphatic carbocycles. The van der Waals surface area contributed by atoms with E-state index in [1.807, 2.05) is 0 Å². The molecule has 0 spiro atoms. The van der Waals surface area contributed by atoms with Crippen molar-refractivity contribution in [2.45, 2.75) is 0 Å². The lowest BCUT2D eigenvalue weighted by molar-refractivity contribution is 1.18. The second-order valence-electron chi connectivity index (χ2n) is 12.8. The summed E-state index contributed by atoms with van der Waals surface area (Å²) in [5, 5.41) is 13.0. The number of hydrogen-bond donors (Lipinski definition) is 0. The quantitative estimate of drug-likeness (QED) is 0.176. The zero-order chi connectivity index (χ0) is 30.6. The van der Waals surface area contributed by atoms with E-state index in [2.05, 4.69) is 168 Å². The predicted molar refractivity (Wildman–Crippen MR) is 201 cm³/mol. The van der Waals surface area contributed by atoms with Crippen molar-refractivity contribution in [2.24, 2.45) is 0 Å². The molecule has 216 valence electrons. The van der Waals surface area contributed by atoms with Gasteiger partial charge in [0.15, 0.2) is 0 Å². The first-order chi connectivity index (χ1) is 23.3. The van der Waals surface area contributed by atoms with Crippen LogP contribution in [0.2, 0.25) is 0 Å². The molecule has 11 rings (SSSR count). The van der Waals surface area contributed by atoms with Gasteiger partial charge in [-0.05, 0) is 101 Å². The molecule has 9 aromatic carbocycles. The maximum Gasteiger partial charge on any atom is 0.0547 e. The van der Waals surface area contributed by atoms with Crippen LogP contribution in [-0.4, -0.2) is 4.57 Å². The first-order valence-electron chi connectivity index (χ1n) is 16.4. The van der Waals surface area contributed by atoms with Crippen LogP contribution in [0.1, 0.15) is 0 Å².